The molecule has 0 radical (unpaired) electrons. The molecular formula is C11H14N4O4. The van der Waals surface area contributed by atoms with E-state index in [2.05, 4.69) is 14.5 Å². The van der Waals surface area contributed by atoms with Crippen molar-refractivity contribution in [3.05, 3.63) is 27.2 Å². The Bertz CT molecular complexity index is 1010. The number of hydrogen-bond acceptors (Lipinski definition) is 5. The number of fused-ring (bicyclic) bond motifs is 1. The number of imidazole rings is 1. The van der Waals surface area contributed by atoms with Crippen LogP contribution in [0.5, 0.6) is 0 Å². The van der Waals surface area contributed by atoms with Crippen molar-refractivity contribution >= 4 is 11.2 Å². The Kier molecular flexibility index (Phi) is 1.47. The van der Waals surface area contributed by atoms with E-state index in [1.807, 2.05) is 0 Å². The van der Waals surface area contributed by atoms with Gasteiger partial charge in [-0.25, -0.2) is 9.78 Å². The normalized spacial score (nSPS) is 29.7. The zero-order valence-corrected chi connectivity index (χ0v) is 10.00. The van der Waals surface area contributed by atoms with Crippen LogP contribution in [-0.2, 0) is 30.1 Å². The molecule has 0 bridgehead atoms. The van der Waals surface area contributed by atoms with Crippen LogP contribution in [0.2, 0.25) is 0 Å². The molecule has 0 amide bonds. The maximum atomic E-state index is 12.4. The number of ether oxygens (including phenoxy) is 2. The fraction of sp³-hybridized carbons (Fsp3) is 0.545. The van der Waals surface area contributed by atoms with Crippen LogP contribution < -0.4 is 11.2 Å². The molecule has 2 aromatic heterocycles. The molecule has 0 N–H and O–H groups in total. The molecule has 19 heavy (non-hydrogen) atoms. The van der Waals surface area contributed by atoms with E-state index in [9.17, 15) is 9.59 Å². The molecule has 0 saturated carbocycles. The third-order valence-corrected chi connectivity index (χ3v) is 2.69. The number of rotatable bonds is 2. The van der Waals surface area contributed by atoms with Gasteiger partial charge in [-0.3, -0.25) is 13.9 Å². The second-order valence-corrected chi connectivity index (χ2v) is 3.80. The molecule has 1 aliphatic heterocycles. The summed E-state index contributed by atoms with van der Waals surface area (Å²) in [5, 5.41) is 0. The van der Waals surface area contributed by atoms with Gasteiger partial charge >= 0.3 is 5.69 Å². The zero-order chi connectivity index (χ0) is 19.9. The van der Waals surface area contributed by atoms with Crippen LogP contribution in [0.25, 0.3) is 11.2 Å². The molecule has 8 nitrogen and oxygen atoms in total. The van der Waals surface area contributed by atoms with Crippen molar-refractivity contribution in [1.29, 1.82) is 0 Å². The molecule has 2 aromatic rings. The van der Waals surface area contributed by atoms with Gasteiger partial charge in [-0.1, -0.05) is 0 Å². The minimum Gasteiger partial charge on any atom is -0.348 e. The van der Waals surface area contributed by atoms with Crippen LogP contribution in [-0.4, -0.2) is 38.1 Å². The predicted molar refractivity (Wildman–Crippen MR) is 65.9 cm³/mol. The van der Waals surface area contributed by atoms with E-state index in [-0.39, 0.29) is 5.65 Å². The van der Waals surface area contributed by atoms with Crippen molar-refractivity contribution in [2.75, 3.05) is 13.1 Å². The largest absolute Gasteiger partial charge is 0.348 e. The number of hydrogen-bond donors (Lipinski definition) is 0. The number of aryl methyl sites for hydroxylation is 1. The Hall–Kier alpha value is -1.93. The summed E-state index contributed by atoms with van der Waals surface area (Å²) in [6.45, 7) is -9.31. The van der Waals surface area contributed by atoms with E-state index in [0.29, 0.717) is 9.13 Å². The monoisotopic (exact) mass is 273 g/mol. The lowest BCUT2D eigenvalue weighted by molar-refractivity contribution is -0.0518. The topological polar surface area (TPSA) is 80.3 Å². The second-order valence-electron chi connectivity index (χ2n) is 3.80. The van der Waals surface area contributed by atoms with Gasteiger partial charge in [0.15, 0.2) is 17.4 Å². The zero-order valence-electron chi connectivity index (χ0n) is 17.0. The number of aromatic nitrogens is 4. The molecule has 0 aliphatic carbocycles. The molecule has 3 heterocycles. The Labute approximate surface area is 117 Å². The van der Waals surface area contributed by atoms with Crippen molar-refractivity contribution in [3.8, 4) is 0 Å². The first-order chi connectivity index (χ1) is 11.7. The predicted octanol–water partition coefficient (Wildman–Crippen LogP) is -1.19. The average molecular weight is 273 g/mol. The first-order valence-electron chi connectivity index (χ1n) is 8.70. The minimum atomic E-state index is -3.17. The highest BCUT2D eigenvalue weighted by molar-refractivity contribution is 5.69. The lowest BCUT2D eigenvalue weighted by Crippen LogP contribution is -2.37. The van der Waals surface area contributed by atoms with Gasteiger partial charge in [0.05, 0.1) is 35.5 Å². The Morgan fingerprint density at radius 1 is 1.47 bits per heavy atom. The molecule has 8 heteroatoms. The van der Waals surface area contributed by atoms with Gasteiger partial charge in [0.25, 0.3) is 5.56 Å². The van der Waals surface area contributed by atoms with Crippen LogP contribution in [0.4, 0.5) is 0 Å². The molecule has 0 unspecified atom stereocenters. The van der Waals surface area contributed by atoms with E-state index >= 15 is 0 Å². The Balaban J connectivity index is 2.27. The standard InChI is InChI=1S/C11H14N4O4/c1-13-9-8(10(16)14(2)11(13)17)15(6-12-9)5-7-18-3-4-19-7/h6-7H,3-5H2,1-2H3/i3D2,4D2,5D2,7D. The highest BCUT2D eigenvalue weighted by Gasteiger charge is 2.20. The average Bonchev–Trinajstić information content (AvgIpc) is 3.01. The maximum Gasteiger partial charge on any atom is 0.332 e. The van der Waals surface area contributed by atoms with E-state index < -0.39 is 42.6 Å². The molecule has 1 fully saturated rings. The fourth-order valence-corrected chi connectivity index (χ4v) is 1.73. The lowest BCUT2D eigenvalue weighted by atomic mass is 10.5. The highest BCUT2D eigenvalue weighted by atomic mass is 16.7. The van der Waals surface area contributed by atoms with Crippen LogP contribution >= 0.6 is 0 Å². The van der Waals surface area contributed by atoms with E-state index in [0.717, 1.165) is 10.9 Å². The summed E-state index contributed by atoms with van der Waals surface area (Å²) < 4.78 is 65.8. The van der Waals surface area contributed by atoms with Crippen molar-refractivity contribution in [3.63, 3.8) is 0 Å². The third-order valence-electron chi connectivity index (χ3n) is 2.69. The Morgan fingerprint density at radius 3 is 2.84 bits per heavy atom. The third kappa shape index (κ3) is 1.80. The summed E-state index contributed by atoms with van der Waals surface area (Å²) >= 11 is 0. The molecule has 0 atom stereocenters. The molecule has 3 rings (SSSR count). The molecule has 1 aliphatic rings. The minimum absolute atomic E-state index is 0.172. The summed E-state index contributed by atoms with van der Waals surface area (Å²) in [4.78, 5) is 28.2. The second kappa shape index (κ2) is 4.32. The lowest BCUT2D eigenvalue weighted by Gasteiger charge is -2.10. The van der Waals surface area contributed by atoms with Crippen LogP contribution in [0, 0.1) is 0 Å². The van der Waals surface area contributed by atoms with Gasteiger partial charge in [0.2, 0.25) is 0 Å². The van der Waals surface area contributed by atoms with Crippen molar-refractivity contribution in [2.24, 2.45) is 14.1 Å². The summed E-state index contributed by atoms with van der Waals surface area (Å²) in [7, 11) is 2.49. The first-order valence-corrected chi connectivity index (χ1v) is 5.20. The molecule has 1 saturated heterocycles. The van der Waals surface area contributed by atoms with Gasteiger partial charge in [-0.15, -0.1) is 0 Å². The van der Waals surface area contributed by atoms with Gasteiger partial charge in [0.1, 0.15) is 0 Å². The van der Waals surface area contributed by atoms with Gasteiger partial charge < -0.3 is 14.0 Å². The summed E-state index contributed by atoms with van der Waals surface area (Å²) in [5.41, 5.74) is -2.17. The summed E-state index contributed by atoms with van der Waals surface area (Å²) in [6.07, 6.45) is -2.34. The fourth-order valence-electron chi connectivity index (χ4n) is 1.73. The summed E-state index contributed by atoms with van der Waals surface area (Å²) in [6, 6.07) is 0. The van der Waals surface area contributed by atoms with Crippen LogP contribution in [0.3, 0.4) is 0 Å². The van der Waals surface area contributed by atoms with Crippen LogP contribution in [0.15, 0.2) is 15.9 Å². The van der Waals surface area contributed by atoms with Crippen molar-refractivity contribution < 1.29 is 19.1 Å². The maximum absolute atomic E-state index is 12.4. The molecule has 102 valence electrons. The van der Waals surface area contributed by atoms with Crippen molar-refractivity contribution in [2.45, 2.75) is 12.8 Å². The SMILES string of the molecule is [2H]C1([2H])OC([2H])(C([2H])([2H])n2cnc3c2c(=O)n(C)c(=O)n3C)OC1([2H])[2H]. The quantitative estimate of drug-likeness (QED) is 0.687. The van der Waals surface area contributed by atoms with Crippen molar-refractivity contribution in [1.82, 2.24) is 18.7 Å². The molecule has 0 aromatic carbocycles. The van der Waals surface area contributed by atoms with E-state index in [1.165, 1.54) is 14.1 Å². The van der Waals surface area contributed by atoms with E-state index in [1.54, 1.807) is 0 Å². The molecular weight excluding hydrogens is 252 g/mol. The van der Waals surface area contributed by atoms with Gasteiger partial charge in [0, 0.05) is 14.1 Å². The smallest absolute Gasteiger partial charge is 0.332 e. The van der Waals surface area contributed by atoms with Crippen LogP contribution in [0.1, 0.15) is 9.60 Å². The van der Waals surface area contributed by atoms with Gasteiger partial charge in [-0.05, 0) is 0 Å². The Morgan fingerprint density at radius 2 is 2.16 bits per heavy atom. The summed E-state index contributed by atoms with van der Waals surface area (Å²) in [5.74, 6) is 0. The van der Waals surface area contributed by atoms with Gasteiger partial charge in [-0.2, -0.15) is 0 Å². The highest BCUT2D eigenvalue weighted by Crippen LogP contribution is 2.11. The number of nitrogens with zero attached hydrogens (tertiary/aromatic N) is 4. The van der Waals surface area contributed by atoms with E-state index in [4.69, 9.17) is 9.60 Å². The molecule has 0 spiro atoms. The first kappa shape index (κ1) is 6.49.